The van der Waals surface area contributed by atoms with E-state index in [2.05, 4.69) is 10.6 Å². The Morgan fingerprint density at radius 2 is 1.62 bits per heavy atom. The molecule has 0 aliphatic heterocycles. The van der Waals surface area contributed by atoms with E-state index >= 15 is 0 Å². The van der Waals surface area contributed by atoms with Gasteiger partial charge in [0.05, 0.1) is 24.7 Å². The van der Waals surface area contributed by atoms with Gasteiger partial charge in [0.2, 0.25) is 5.91 Å². The lowest BCUT2D eigenvalue weighted by Gasteiger charge is -2.25. The van der Waals surface area contributed by atoms with Gasteiger partial charge in [-0.1, -0.05) is 44.2 Å². The summed E-state index contributed by atoms with van der Waals surface area (Å²) in [4.78, 5) is 40.4. The van der Waals surface area contributed by atoms with Crippen molar-refractivity contribution in [3.63, 3.8) is 0 Å². The Morgan fingerprint density at radius 1 is 0.949 bits per heavy atom. The molecule has 0 bridgehead atoms. The summed E-state index contributed by atoms with van der Waals surface area (Å²) in [5.74, 6) is -1.53. The number of furan rings is 1. The minimum Gasteiger partial charge on any atom is -0.472 e. The van der Waals surface area contributed by atoms with Gasteiger partial charge in [0.25, 0.3) is 11.8 Å². The van der Waals surface area contributed by atoms with Crippen molar-refractivity contribution in [2.24, 2.45) is 5.73 Å². The van der Waals surface area contributed by atoms with E-state index in [1.54, 1.807) is 17.2 Å². The number of amides is 3. The van der Waals surface area contributed by atoms with E-state index in [0.717, 1.165) is 24.0 Å². The molecule has 0 saturated heterocycles. The van der Waals surface area contributed by atoms with Crippen molar-refractivity contribution < 1.29 is 23.9 Å². The molecule has 0 fully saturated rings. The quantitative estimate of drug-likeness (QED) is 0.236. The predicted molar refractivity (Wildman–Crippen MR) is 149 cm³/mol. The van der Waals surface area contributed by atoms with Crippen molar-refractivity contribution >= 4 is 17.7 Å². The van der Waals surface area contributed by atoms with Gasteiger partial charge in [-0.15, -0.1) is 0 Å². The van der Waals surface area contributed by atoms with Gasteiger partial charge in [0.1, 0.15) is 0 Å². The molecular weight excluding hydrogens is 496 g/mol. The first kappa shape index (κ1) is 29.6. The van der Waals surface area contributed by atoms with E-state index in [1.807, 2.05) is 44.2 Å². The van der Waals surface area contributed by atoms with Gasteiger partial charge in [0.15, 0.2) is 0 Å². The van der Waals surface area contributed by atoms with Gasteiger partial charge in [-0.3, -0.25) is 14.4 Å². The first-order valence-electron chi connectivity index (χ1n) is 13.3. The lowest BCUT2D eigenvalue weighted by atomic mass is 10.0. The zero-order chi connectivity index (χ0) is 28.2. The monoisotopic (exact) mass is 534 g/mol. The standard InChI is InChI=1S/C30H38N4O5/c1-3-11-34(12-4-2)30(38)25-16-23(28(31)36)15-24(17-25)29(37)33-26(14-22-10-13-39-20-22)27(35)19-32-18-21-8-6-5-7-9-21/h5-10,13,15-17,20,26-27,32,35H,3-4,11-12,14,18-19H2,1-2H3,(H2,31,36)(H,33,37). The van der Waals surface area contributed by atoms with Crippen LogP contribution in [0.5, 0.6) is 0 Å². The number of rotatable bonds is 15. The summed E-state index contributed by atoms with van der Waals surface area (Å²) in [5, 5.41) is 17.1. The molecule has 3 amide bonds. The van der Waals surface area contributed by atoms with Crippen LogP contribution in [-0.2, 0) is 13.0 Å². The average molecular weight is 535 g/mol. The van der Waals surface area contributed by atoms with E-state index in [4.69, 9.17) is 10.2 Å². The maximum atomic E-state index is 13.4. The van der Waals surface area contributed by atoms with Crippen molar-refractivity contribution in [3.05, 3.63) is 94.9 Å². The van der Waals surface area contributed by atoms with Gasteiger partial charge in [-0.2, -0.15) is 0 Å². The Morgan fingerprint density at radius 3 is 2.23 bits per heavy atom. The Balaban J connectivity index is 1.80. The second-order valence-corrected chi connectivity index (χ2v) is 9.56. The zero-order valence-electron chi connectivity index (χ0n) is 22.6. The van der Waals surface area contributed by atoms with Crippen molar-refractivity contribution in [1.29, 1.82) is 0 Å². The molecule has 0 spiro atoms. The molecule has 39 heavy (non-hydrogen) atoms. The van der Waals surface area contributed by atoms with Gasteiger partial charge < -0.3 is 30.8 Å². The molecule has 0 aliphatic carbocycles. The molecule has 0 saturated carbocycles. The van der Waals surface area contributed by atoms with E-state index in [1.165, 1.54) is 24.5 Å². The highest BCUT2D eigenvalue weighted by molar-refractivity contribution is 6.04. The molecule has 1 aromatic heterocycles. The molecule has 1 heterocycles. The zero-order valence-corrected chi connectivity index (χ0v) is 22.6. The van der Waals surface area contributed by atoms with Crippen molar-refractivity contribution in [2.45, 2.75) is 51.8 Å². The summed E-state index contributed by atoms with van der Waals surface area (Å²) >= 11 is 0. The molecule has 9 heteroatoms. The van der Waals surface area contributed by atoms with Gasteiger partial charge in [-0.25, -0.2) is 0 Å². The van der Waals surface area contributed by atoms with Crippen LogP contribution in [0.1, 0.15) is 68.9 Å². The van der Waals surface area contributed by atoms with Crippen LogP contribution in [0, 0.1) is 0 Å². The number of aliphatic hydroxyl groups is 1. The first-order chi connectivity index (χ1) is 18.8. The summed E-state index contributed by atoms with van der Waals surface area (Å²) in [7, 11) is 0. The molecule has 3 aromatic rings. The molecule has 9 nitrogen and oxygen atoms in total. The minimum atomic E-state index is -0.933. The van der Waals surface area contributed by atoms with Crippen LogP contribution in [0.15, 0.2) is 71.5 Å². The van der Waals surface area contributed by atoms with E-state index in [9.17, 15) is 19.5 Å². The molecule has 0 radical (unpaired) electrons. The molecule has 3 rings (SSSR count). The highest BCUT2D eigenvalue weighted by atomic mass is 16.3. The van der Waals surface area contributed by atoms with Gasteiger partial charge in [-0.05, 0) is 54.7 Å². The molecule has 0 aliphatic rings. The predicted octanol–water partition coefficient (Wildman–Crippen LogP) is 3.13. The number of carbonyl (C=O) groups excluding carboxylic acids is 3. The normalized spacial score (nSPS) is 12.5. The number of benzene rings is 2. The second kappa shape index (κ2) is 14.8. The van der Waals surface area contributed by atoms with Gasteiger partial charge >= 0.3 is 0 Å². The molecule has 208 valence electrons. The smallest absolute Gasteiger partial charge is 0.253 e. The van der Waals surface area contributed by atoms with Crippen molar-refractivity contribution in [2.75, 3.05) is 19.6 Å². The van der Waals surface area contributed by atoms with Crippen LogP contribution in [0.4, 0.5) is 0 Å². The third-order valence-electron chi connectivity index (χ3n) is 6.34. The largest absolute Gasteiger partial charge is 0.472 e. The first-order valence-corrected chi connectivity index (χ1v) is 13.3. The Hall–Kier alpha value is -3.95. The Labute approximate surface area is 229 Å². The minimum absolute atomic E-state index is 0.0652. The van der Waals surface area contributed by atoms with Crippen LogP contribution in [-0.4, -0.2) is 59.5 Å². The van der Waals surface area contributed by atoms with Crippen LogP contribution in [0.25, 0.3) is 0 Å². The molecule has 2 aromatic carbocycles. The fraction of sp³-hybridized carbons (Fsp3) is 0.367. The number of aliphatic hydroxyl groups excluding tert-OH is 1. The number of nitrogens with one attached hydrogen (secondary N) is 2. The van der Waals surface area contributed by atoms with E-state index in [0.29, 0.717) is 26.1 Å². The third kappa shape index (κ3) is 8.80. The second-order valence-electron chi connectivity index (χ2n) is 9.56. The maximum Gasteiger partial charge on any atom is 0.253 e. The summed E-state index contributed by atoms with van der Waals surface area (Å²) in [6.07, 6.45) is 4.03. The Kier molecular flexibility index (Phi) is 11.3. The lowest BCUT2D eigenvalue weighted by molar-refractivity contribution is 0.0755. The fourth-order valence-corrected chi connectivity index (χ4v) is 4.36. The van der Waals surface area contributed by atoms with Crippen molar-refractivity contribution in [3.8, 4) is 0 Å². The molecule has 2 unspecified atom stereocenters. The average Bonchev–Trinajstić information content (AvgIpc) is 3.45. The maximum absolute atomic E-state index is 13.4. The topological polar surface area (TPSA) is 138 Å². The highest BCUT2D eigenvalue weighted by Gasteiger charge is 2.25. The van der Waals surface area contributed by atoms with Crippen LogP contribution >= 0.6 is 0 Å². The fourth-order valence-electron chi connectivity index (χ4n) is 4.36. The summed E-state index contributed by atoms with van der Waals surface area (Å²) in [5.41, 5.74) is 7.81. The van der Waals surface area contributed by atoms with E-state index in [-0.39, 0.29) is 29.1 Å². The number of primary amides is 1. The summed E-state index contributed by atoms with van der Waals surface area (Å²) < 4.78 is 5.17. The van der Waals surface area contributed by atoms with E-state index < -0.39 is 24.0 Å². The number of hydrogen-bond donors (Lipinski definition) is 4. The number of carbonyl (C=O) groups is 3. The van der Waals surface area contributed by atoms with Crippen LogP contribution in [0.3, 0.4) is 0 Å². The summed E-state index contributed by atoms with van der Waals surface area (Å²) in [6.45, 7) is 5.87. The van der Waals surface area contributed by atoms with Crippen LogP contribution < -0.4 is 16.4 Å². The number of nitrogens with zero attached hydrogens (tertiary/aromatic N) is 1. The summed E-state index contributed by atoms with van der Waals surface area (Å²) in [6, 6.07) is 15.1. The molecule has 2 atom stereocenters. The Bertz CT molecular complexity index is 1210. The number of nitrogens with two attached hydrogens (primary N) is 1. The SMILES string of the molecule is CCCN(CCC)C(=O)c1cc(C(N)=O)cc(C(=O)NC(Cc2ccoc2)C(O)CNCc2ccccc2)c1. The van der Waals surface area contributed by atoms with Gasteiger partial charge in [0, 0.05) is 42.9 Å². The molecule has 5 N–H and O–H groups in total. The lowest BCUT2D eigenvalue weighted by Crippen LogP contribution is -2.48. The van der Waals surface area contributed by atoms with Crippen molar-refractivity contribution in [1.82, 2.24) is 15.5 Å². The highest BCUT2D eigenvalue weighted by Crippen LogP contribution is 2.15. The molecular formula is C30H38N4O5. The van der Waals surface area contributed by atoms with Crippen LogP contribution in [0.2, 0.25) is 0 Å². The number of hydrogen-bond acceptors (Lipinski definition) is 6. The third-order valence-corrected chi connectivity index (χ3v) is 6.34.